The van der Waals surface area contributed by atoms with E-state index < -0.39 is 18.3 Å². The molecule has 1 fully saturated rings. The van der Waals surface area contributed by atoms with Gasteiger partial charge in [-0.1, -0.05) is 0 Å². The third-order valence-electron chi connectivity index (χ3n) is 4.85. The molecule has 0 aliphatic carbocycles. The van der Waals surface area contributed by atoms with Crippen LogP contribution < -0.4 is 19.7 Å². The summed E-state index contributed by atoms with van der Waals surface area (Å²) in [5.74, 6) is 1.29. The lowest BCUT2D eigenvalue weighted by atomic mass is 9.80. The van der Waals surface area contributed by atoms with E-state index in [0.29, 0.717) is 23.2 Å². The largest absolute Gasteiger partial charge is 0.496 e. The normalized spacial score (nSPS) is 17.6. The van der Waals surface area contributed by atoms with Crippen molar-refractivity contribution in [2.45, 2.75) is 45.5 Å². The quantitative estimate of drug-likeness (QED) is 0.709. The molecule has 1 saturated heterocycles. The lowest BCUT2D eigenvalue weighted by molar-refractivity contribution is 0.00578. The minimum Gasteiger partial charge on any atom is -0.491 e. The van der Waals surface area contributed by atoms with Crippen LogP contribution in [0.2, 0.25) is 0 Å². The van der Waals surface area contributed by atoms with E-state index in [0.717, 1.165) is 5.46 Å². The van der Waals surface area contributed by atoms with E-state index in [-0.39, 0.29) is 6.61 Å². The Kier molecular flexibility index (Phi) is 5.25. The fourth-order valence-corrected chi connectivity index (χ4v) is 2.49. The second-order valence-corrected chi connectivity index (χ2v) is 7.22. The molecule has 0 atom stereocenters. The minimum absolute atomic E-state index is 0.205. The first-order valence-corrected chi connectivity index (χ1v) is 8.65. The highest BCUT2D eigenvalue weighted by Gasteiger charge is 2.52. The summed E-state index contributed by atoms with van der Waals surface area (Å²) < 4.78 is 28.2. The van der Waals surface area contributed by atoms with E-state index in [4.69, 9.17) is 23.5 Å². The van der Waals surface area contributed by atoms with Crippen molar-refractivity contribution in [1.82, 2.24) is 15.2 Å². The molecule has 0 saturated carbocycles. The topological polar surface area (TPSA) is 84.8 Å². The first kappa shape index (κ1) is 19.4. The maximum absolute atomic E-state index is 6.05. The highest BCUT2D eigenvalue weighted by atomic mass is 16.7. The predicted octanol–water partition coefficient (Wildman–Crippen LogP) is 1.77. The molecule has 2 aromatic heterocycles. The fourth-order valence-electron chi connectivity index (χ4n) is 2.49. The van der Waals surface area contributed by atoms with Gasteiger partial charge in [0.2, 0.25) is 5.88 Å². The van der Waals surface area contributed by atoms with Gasteiger partial charge in [0.25, 0.3) is 5.88 Å². The number of pyridine rings is 1. The summed E-state index contributed by atoms with van der Waals surface area (Å²) in [5, 5.41) is 7.93. The van der Waals surface area contributed by atoms with Crippen molar-refractivity contribution in [2.24, 2.45) is 0 Å². The Morgan fingerprint density at radius 2 is 1.70 bits per heavy atom. The molecule has 144 valence electrons. The van der Waals surface area contributed by atoms with Crippen LogP contribution in [0.5, 0.6) is 17.5 Å². The van der Waals surface area contributed by atoms with Crippen LogP contribution in [0.15, 0.2) is 24.4 Å². The Bertz CT molecular complexity index is 782. The van der Waals surface area contributed by atoms with Crippen LogP contribution in [0.3, 0.4) is 0 Å². The first-order valence-electron chi connectivity index (χ1n) is 8.65. The van der Waals surface area contributed by atoms with Crippen molar-refractivity contribution in [3.05, 3.63) is 30.1 Å². The second-order valence-electron chi connectivity index (χ2n) is 7.22. The number of methoxy groups -OCH3 is 2. The predicted molar refractivity (Wildman–Crippen MR) is 99.4 cm³/mol. The maximum atomic E-state index is 6.05. The Morgan fingerprint density at radius 3 is 2.26 bits per heavy atom. The lowest BCUT2D eigenvalue weighted by Gasteiger charge is -2.32. The van der Waals surface area contributed by atoms with Crippen LogP contribution in [0.4, 0.5) is 0 Å². The van der Waals surface area contributed by atoms with Crippen molar-refractivity contribution >= 4 is 12.6 Å². The zero-order valence-corrected chi connectivity index (χ0v) is 16.5. The van der Waals surface area contributed by atoms with Gasteiger partial charge < -0.3 is 23.5 Å². The number of aromatic nitrogens is 3. The highest BCUT2D eigenvalue weighted by Crippen LogP contribution is 2.37. The Morgan fingerprint density at radius 1 is 1.00 bits per heavy atom. The molecular weight excluding hydrogens is 349 g/mol. The molecule has 0 amide bonds. The van der Waals surface area contributed by atoms with E-state index >= 15 is 0 Å². The number of ether oxygens (including phenoxy) is 3. The van der Waals surface area contributed by atoms with Gasteiger partial charge in [0.15, 0.2) is 5.75 Å². The average molecular weight is 373 g/mol. The minimum atomic E-state index is -0.516. The molecule has 2 aromatic rings. The van der Waals surface area contributed by atoms with Crippen LogP contribution in [-0.4, -0.2) is 47.7 Å². The third kappa shape index (κ3) is 3.99. The molecule has 1 aliphatic rings. The standard InChI is InChI=1S/C18H24BN3O5/c1-17(2)18(3,4)27-19(26-17)12-9-14(23-5)16(20-10-12)25-11-13-7-8-15(24-6)22-21-13/h7-10H,11H2,1-6H3. The van der Waals surface area contributed by atoms with Crippen molar-refractivity contribution in [2.75, 3.05) is 14.2 Å². The molecule has 0 N–H and O–H groups in total. The Labute approximate surface area is 159 Å². The number of hydrogen-bond acceptors (Lipinski definition) is 8. The summed E-state index contributed by atoms with van der Waals surface area (Å²) in [6, 6.07) is 5.30. The molecule has 3 rings (SSSR count). The molecule has 0 aromatic carbocycles. The van der Waals surface area contributed by atoms with E-state index in [1.54, 1.807) is 25.4 Å². The van der Waals surface area contributed by atoms with Gasteiger partial charge in [-0.05, 0) is 39.8 Å². The summed E-state index contributed by atoms with van der Waals surface area (Å²) in [5.41, 5.74) is 0.567. The van der Waals surface area contributed by atoms with Crippen LogP contribution in [-0.2, 0) is 15.9 Å². The Balaban J connectivity index is 1.73. The summed E-state index contributed by atoms with van der Waals surface area (Å²) in [6.45, 7) is 8.22. The van der Waals surface area contributed by atoms with Crippen molar-refractivity contribution in [1.29, 1.82) is 0 Å². The molecule has 1 aliphatic heterocycles. The second kappa shape index (κ2) is 7.32. The molecule has 0 bridgehead atoms. The molecule has 9 heteroatoms. The molecule has 8 nitrogen and oxygen atoms in total. The van der Waals surface area contributed by atoms with Gasteiger partial charge in [-0.3, -0.25) is 0 Å². The molecule has 27 heavy (non-hydrogen) atoms. The van der Waals surface area contributed by atoms with E-state index in [1.165, 1.54) is 7.11 Å². The van der Waals surface area contributed by atoms with Gasteiger partial charge in [-0.25, -0.2) is 4.98 Å². The first-order chi connectivity index (χ1) is 12.8. The van der Waals surface area contributed by atoms with Gasteiger partial charge in [-0.15, -0.1) is 10.2 Å². The van der Waals surface area contributed by atoms with Gasteiger partial charge in [0.05, 0.1) is 25.4 Å². The average Bonchev–Trinajstić information content (AvgIpc) is 2.87. The summed E-state index contributed by atoms with van der Waals surface area (Å²) in [4.78, 5) is 4.36. The van der Waals surface area contributed by atoms with Crippen molar-refractivity contribution in [3.63, 3.8) is 0 Å². The van der Waals surface area contributed by atoms with E-state index in [1.807, 2.05) is 33.8 Å². The zero-order chi connectivity index (χ0) is 19.7. The SMILES string of the molecule is COc1ccc(COc2ncc(B3OC(C)(C)C(C)(C)O3)cc2OC)nn1. The molecule has 0 radical (unpaired) electrons. The maximum Gasteiger partial charge on any atom is 0.496 e. The monoisotopic (exact) mass is 373 g/mol. The third-order valence-corrected chi connectivity index (χ3v) is 4.85. The number of rotatable bonds is 6. The van der Waals surface area contributed by atoms with Gasteiger partial charge >= 0.3 is 7.12 Å². The van der Waals surface area contributed by atoms with Gasteiger partial charge in [0, 0.05) is 17.7 Å². The number of hydrogen-bond donors (Lipinski definition) is 0. The fraction of sp³-hybridized carbons (Fsp3) is 0.500. The highest BCUT2D eigenvalue weighted by molar-refractivity contribution is 6.62. The smallest absolute Gasteiger partial charge is 0.491 e. The van der Waals surface area contributed by atoms with Crippen LogP contribution in [0.25, 0.3) is 0 Å². The summed E-state index contributed by atoms with van der Waals surface area (Å²) in [7, 11) is 2.58. The molecule has 0 spiro atoms. The lowest BCUT2D eigenvalue weighted by Crippen LogP contribution is -2.41. The Hall–Kier alpha value is -2.39. The van der Waals surface area contributed by atoms with Gasteiger partial charge in [-0.2, -0.15) is 0 Å². The van der Waals surface area contributed by atoms with Crippen LogP contribution in [0.1, 0.15) is 33.4 Å². The number of nitrogens with zero attached hydrogens (tertiary/aromatic N) is 3. The molecular formula is C18H24BN3O5. The van der Waals surface area contributed by atoms with E-state index in [2.05, 4.69) is 15.2 Å². The summed E-state index contributed by atoms with van der Waals surface area (Å²) >= 11 is 0. The molecule has 0 unspecified atom stereocenters. The van der Waals surface area contributed by atoms with Crippen molar-refractivity contribution < 1.29 is 23.5 Å². The van der Waals surface area contributed by atoms with Crippen molar-refractivity contribution in [3.8, 4) is 17.5 Å². The molecule has 3 heterocycles. The van der Waals surface area contributed by atoms with Crippen LogP contribution in [0, 0.1) is 0 Å². The van der Waals surface area contributed by atoms with E-state index in [9.17, 15) is 0 Å². The van der Waals surface area contributed by atoms with Gasteiger partial charge in [0.1, 0.15) is 12.3 Å². The van der Waals surface area contributed by atoms with Crippen LogP contribution >= 0.6 is 0 Å². The summed E-state index contributed by atoms with van der Waals surface area (Å²) in [6.07, 6.45) is 1.67. The zero-order valence-electron chi connectivity index (χ0n) is 16.5.